The fourth-order valence-corrected chi connectivity index (χ4v) is 4.72. The van der Waals surface area contributed by atoms with E-state index in [1.54, 1.807) is 11.8 Å². The molecule has 24 heavy (non-hydrogen) atoms. The summed E-state index contributed by atoms with van der Waals surface area (Å²) in [6, 6.07) is 15.7. The van der Waals surface area contributed by atoms with Crippen molar-refractivity contribution in [3.8, 4) is 0 Å². The second kappa shape index (κ2) is 6.49. The Morgan fingerprint density at radius 3 is 2.67 bits per heavy atom. The molecule has 0 saturated heterocycles. The van der Waals surface area contributed by atoms with Crippen LogP contribution in [0.4, 0.5) is 0 Å². The van der Waals surface area contributed by atoms with Gasteiger partial charge < -0.3 is 4.74 Å². The first-order valence-corrected chi connectivity index (χ1v) is 9.48. The van der Waals surface area contributed by atoms with Crippen LogP contribution < -0.4 is 0 Å². The van der Waals surface area contributed by atoms with Gasteiger partial charge in [0.15, 0.2) is 11.0 Å². The van der Waals surface area contributed by atoms with Crippen molar-refractivity contribution in [2.75, 3.05) is 5.75 Å². The highest BCUT2D eigenvalue weighted by molar-refractivity contribution is 8.01. The zero-order valence-electron chi connectivity index (χ0n) is 12.7. The predicted molar refractivity (Wildman–Crippen MR) is 96.0 cm³/mol. The number of hydrogen-bond donors (Lipinski definition) is 0. The van der Waals surface area contributed by atoms with E-state index in [1.165, 1.54) is 16.7 Å². The third-order valence-electron chi connectivity index (χ3n) is 3.93. The van der Waals surface area contributed by atoms with Gasteiger partial charge in [-0.05, 0) is 29.3 Å². The maximum absolute atomic E-state index is 12.5. The summed E-state index contributed by atoms with van der Waals surface area (Å²) in [6.07, 6.45) is 2.18. The molecule has 2 aromatic carbocycles. The summed E-state index contributed by atoms with van der Waals surface area (Å²) in [5.41, 5.74) is 2.03. The van der Waals surface area contributed by atoms with Crippen LogP contribution in [-0.4, -0.2) is 22.8 Å². The van der Waals surface area contributed by atoms with Crippen molar-refractivity contribution in [3.63, 3.8) is 0 Å². The summed E-state index contributed by atoms with van der Waals surface area (Å²) in [5.74, 6) is 0.653. The predicted octanol–water partition coefficient (Wildman–Crippen LogP) is 3.96. The number of thioether (sulfide) groups is 2. The fourth-order valence-electron chi connectivity index (χ4n) is 2.75. The van der Waals surface area contributed by atoms with Gasteiger partial charge in [-0.1, -0.05) is 36.4 Å². The van der Waals surface area contributed by atoms with Gasteiger partial charge in [0.2, 0.25) is 0 Å². The van der Waals surface area contributed by atoms with Crippen LogP contribution >= 0.6 is 23.5 Å². The lowest BCUT2D eigenvalue weighted by molar-refractivity contribution is -0.141. The molecule has 2 aromatic rings. The molecule has 3 nitrogen and oxygen atoms in total. The highest BCUT2D eigenvalue weighted by Crippen LogP contribution is 2.36. The van der Waals surface area contributed by atoms with E-state index in [0.29, 0.717) is 17.9 Å². The first-order chi connectivity index (χ1) is 11.7. The number of rotatable bonds is 2. The molecular formula is C19H14O3S2. The minimum atomic E-state index is -0.775. The number of ketones is 1. The molecule has 0 spiro atoms. The lowest BCUT2D eigenvalue weighted by Crippen LogP contribution is -2.33. The minimum absolute atomic E-state index is 0.0897. The van der Waals surface area contributed by atoms with E-state index in [4.69, 9.17) is 4.74 Å². The van der Waals surface area contributed by atoms with Crippen molar-refractivity contribution < 1.29 is 14.3 Å². The normalized spacial score (nSPS) is 19.1. The lowest BCUT2D eigenvalue weighted by Gasteiger charge is -2.23. The molecular weight excluding hydrogens is 340 g/mol. The zero-order valence-corrected chi connectivity index (χ0v) is 14.4. The van der Waals surface area contributed by atoms with Crippen LogP contribution in [0.2, 0.25) is 0 Å². The SMILES string of the molecule is O=C1Cc2ccccc2SC1C(=O)OC1=Cc2ccccc2SC1. The van der Waals surface area contributed by atoms with Gasteiger partial charge >= 0.3 is 5.97 Å². The summed E-state index contributed by atoms with van der Waals surface area (Å²) in [5, 5.41) is -0.775. The van der Waals surface area contributed by atoms with E-state index in [0.717, 1.165) is 16.0 Å². The summed E-state index contributed by atoms with van der Waals surface area (Å²) >= 11 is 2.93. The summed E-state index contributed by atoms with van der Waals surface area (Å²) in [7, 11) is 0. The first kappa shape index (κ1) is 15.5. The molecule has 5 heteroatoms. The maximum Gasteiger partial charge on any atom is 0.332 e. The standard InChI is InChI=1S/C19H14O3S2/c20-15-10-13-6-2-4-8-17(13)24-18(15)19(21)22-14-9-12-5-1-3-7-16(12)23-11-14/h1-9,18H,10-11H2. The van der Waals surface area contributed by atoms with Gasteiger partial charge in [0, 0.05) is 16.2 Å². The molecule has 2 aliphatic rings. The number of carbonyl (C=O) groups is 2. The molecule has 2 aliphatic heterocycles. The number of carbonyl (C=O) groups excluding carboxylic acids is 2. The number of esters is 1. The van der Waals surface area contributed by atoms with Crippen LogP contribution in [0.3, 0.4) is 0 Å². The number of Topliss-reactive ketones (excluding diaryl/α,β-unsaturated/α-hetero) is 1. The third kappa shape index (κ3) is 3.01. The van der Waals surface area contributed by atoms with E-state index in [2.05, 4.69) is 0 Å². The summed E-state index contributed by atoms with van der Waals surface area (Å²) in [6.45, 7) is 0. The molecule has 0 amide bonds. The average molecular weight is 354 g/mol. The van der Waals surface area contributed by atoms with E-state index in [9.17, 15) is 9.59 Å². The van der Waals surface area contributed by atoms with Crippen molar-refractivity contribution >= 4 is 41.4 Å². The highest BCUT2D eigenvalue weighted by Gasteiger charge is 2.34. The van der Waals surface area contributed by atoms with E-state index in [-0.39, 0.29) is 5.78 Å². The Labute approximate surface area is 148 Å². The van der Waals surface area contributed by atoms with Crippen molar-refractivity contribution in [2.45, 2.75) is 21.5 Å². The average Bonchev–Trinajstić information content (AvgIpc) is 2.61. The van der Waals surface area contributed by atoms with Gasteiger partial charge in [-0.25, -0.2) is 4.79 Å². The number of ether oxygens (including phenoxy) is 1. The van der Waals surface area contributed by atoms with Gasteiger partial charge in [0.05, 0.1) is 5.75 Å². The Morgan fingerprint density at radius 1 is 1.04 bits per heavy atom. The van der Waals surface area contributed by atoms with Gasteiger partial charge in [-0.2, -0.15) is 0 Å². The molecule has 0 aliphatic carbocycles. The van der Waals surface area contributed by atoms with Crippen LogP contribution in [0.1, 0.15) is 11.1 Å². The molecule has 0 radical (unpaired) electrons. The molecule has 0 aromatic heterocycles. The van der Waals surface area contributed by atoms with Crippen LogP contribution in [0, 0.1) is 0 Å². The van der Waals surface area contributed by atoms with E-state index >= 15 is 0 Å². The molecule has 0 fully saturated rings. The molecule has 0 bridgehead atoms. The van der Waals surface area contributed by atoms with Gasteiger partial charge in [0.25, 0.3) is 0 Å². The Morgan fingerprint density at radius 2 is 1.79 bits per heavy atom. The quantitative estimate of drug-likeness (QED) is 0.603. The minimum Gasteiger partial charge on any atom is -0.429 e. The second-order valence-corrected chi connectivity index (χ2v) is 7.77. The molecule has 1 unspecified atom stereocenters. The molecule has 4 rings (SSSR count). The topological polar surface area (TPSA) is 43.4 Å². The zero-order chi connectivity index (χ0) is 16.5. The van der Waals surface area contributed by atoms with Crippen molar-refractivity contribution in [2.24, 2.45) is 0 Å². The monoisotopic (exact) mass is 354 g/mol. The lowest BCUT2D eigenvalue weighted by atomic mass is 10.1. The Balaban J connectivity index is 1.51. The van der Waals surface area contributed by atoms with Crippen LogP contribution in [0.15, 0.2) is 64.1 Å². The summed E-state index contributed by atoms with van der Waals surface area (Å²) < 4.78 is 5.53. The van der Waals surface area contributed by atoms with Gasteiger partial charge in [-0.3, -0.25) is 4.79 Å². The second-order valence-electron chi connectivity index (χ2n) is 5.61. The van der Waals surface area contributed by atoms with Gasteiger partial charge in [0.1, 0.15) is 5.76 Å². The Kier molecular flexibility index (Phi) is 4.21. The van der Waals surface area contributed by atoms with E-state index < -0.39 is 11.2 Å². The molecule has 0 N–H and O–H groups in total. The molecule has 0 saturated carbocycles. The number of hydrogen-bond acceptors (Lipinski definition) is 5. The Bertz CT molecular complexity index is 857. The van der Waals surface area contributed by atoms with E-state index in [1.807, 2.05) is 54.6 Å². The Hall–Kier alpha value is -1.98. The largest absolute Gasteiger partial charge is 0.429 e. The third-order valence-corrected chi connectivity index (χ3v) is 6.38. The van der Waals surface area contributed by atoms with Crippen LogP contribution in [0.25, 0.3) is 6.08 Å². The molecule has 120 valence electrons. The molecule has 1 atom stereocenters. The van der Waals surface area contributed by atoms with Crippen molar-refractivity contribution in [3.05, 3.63) is 65.4 Å². The van der Waals surface area contributed by atoms with Crippen LogP contribution in [-0.2, 0) is 20.7 Å². The number of fused-ring (bicyclic) bond motifs is 2. The number of benzene rings is 2. The van der Waals surface area contributed by atoms with Crippen LogP contribution in [0.5, 0.6) is 0 Å². The summed E-state index contributed by atoms with van der Waals surface area (Å²) in [4.78, 5) is 26.9. The smallest absolute Gasteiger partial charge is 0.332 e. The van der Waals surface area contributed by atoms with Crippen molar-refractivity contribution in [1.82, 2.24) is 0 Å². The first-order valence-electron chi connectivity index (χ1n) is 7.62. The molecule has 2 heterocycles. The maximum atomic E-state index is 12.5. The van der Waals surface area contributed by atoms with Crippen molar-refractivity contribution in [1.29, 1.82) is 0 Å². The fraction of sp³-hybridized carbons (Fsp3) is 0.158. The highest BCUT2D eigenvalue weighted by atomic mass is 32.2. The van der Waals surface area contributed by atoms with Gasteiger partial charge in [-0.15, -0.1) is 23.5 Å².